The Labute approximate surface area is 162 Å². The van der Waals surface area contributed by atoms with E-state index in [0.29, 0.717) is 0 Å². The van der Waals surface area contributed by atoms with E-state index in [0.717, 1.165) is 42.2 Å². The lowest BCUT2D eigenvalue weighted by molar-refractivity contribution is 0.0934. The molecule has 27 heavy (non-hydrogen) atoms. The summed E-state index contributed by atoms with van der Waals surface area (Å²) < 4.78 is 0. The van der Waals surface area contributed by atoms with Crippen LogP contribution in [-0.2, 0) is 19.5 Å². The number of thiophene rings is 1. The van der Waals surface area contributed by atoms with Crippen molar-refractivity contribution < 1.29 is 4.79 Å². The number of benzene rings is 1. The highest BCUT2D eigenvalue weighted by molar-refractivity contribution is 7.16. The van der Waals surface area contributed by atoms with Crippen LogP contribution in [0.3, 0.4) is 0 Å². The van der Waals surface area contributed by atoms with E-state index in [4.69, 9.17) is 0 Å². The number of nitrogens with zero attached hydrogens (tertiary/aromatic N) is 2. The van der Waals surface area contributed by atoms with Crippen molar-refractivity contribution >= 4 is 22.2 Å². The zero-order valence-electron chi connectivity index (χ0n) is 14.8. The van der Waals surface area contributed by atoms with E-state index in [1.807, 2.05) is 18.2 Å². The number of rotatable bonds is 3. The van der Waals surface area contributed by atoms with E-state index in [9.17, 15) is 4.79 Å². The van der Waals surface area contributed by atoms with Gasteiger partial charge >= 0.3 is 0 Å². The third kappa shape index (κ3) is 3.11. The van der Waals surface area contributed by atoms with Gasteiger partial charge in [-0.05, 0) is 23.6 Å². The number of hydrogen-bond acceptors (Lipinski definition) is 5. The average Bonchev–Trinajstić information content (AvgIpc) is 3.07. The number of carbonyl (C=O) groups is 1. The number of anilines is 1. The summed E-state index contributed by atoms with van der Waals surface area (Å²) in [5.74, 6) is 0.0200. The van der Waals surface area contributed by atoms with Gasteiger partial charge in [0.1, 0.15) is 11.2 Å². The first-order valence-corrected chi connectivity index (χ1v) is 9.98. The Morgan fingerprint density at radius 2 is 2.04 bits per heavy atom. The predicted octanol–water partition coefficient (Wildman–Crippen LogP) is 3.56. The SMILES string of the molecule is O=C1N[C@@H](c2cccnc2)Nc2sc3c(c21)CCN(Cc1ccccc1)C3. The van der Waals surface area contributed by atoms with Gasteiger partial charge in [-0.2, -0.15) is 0 Å². The minimum absolute atomic E-state index is 0.0200. The van der Waals surface area contributed by atoms with Crippen LogP contribution in [-0.4, -0.2) is 22.3 Å². The summed E-state index contributed by atoms with van der Waals surface area (Å²) in [4.78, 5) is 20.7. The molecule has 0 unspecified atom stereocenters. The zero-order chi connectivity index (χ0) is 18.2. The van der Waals surface area contributed by atoms with Crippen molar-refractivity contribution in [3.63, 3.8) is 0 Å². The van der Waals surface area contributed by atoms with Gasteiger partial charge < -0.3 is 10.6 Å². The third-order valence-corrected chi connectivity index (χ3v) is 6.33. The summed E-state index contributed by atoms with van der Waals surface area (Å²) in [6.07, 6.45) is 4.22. The molecule has 2 N–H and O–H groups in total. The van der Waals surface area contributed by atoms with Crippen LogP contribution >= 0.6 is 11.3 Å². The fourth-order valence-corrected chi connectivity index (χ4v) is 5.17. The molecule has 4 heterocycles. The molecule has 0 saturated carbocycles. The maximum atomic E-state index is 12.8. The highest BCUT2D eigenvalue weighted by Crippen LogP contribution is 2.40. The van der Waals surface area contributed by atoms with Gasteiger partial charge in [-0.3, -0.25) is 14.7 Å². The van der Waals surface area contributed by atoms with Crippen molar-refractivity contribution in [3.05, 3.63) is 82.0 Å². The molecule has 0 spiro atoms. The molecule has 0 saturated heterocycles. The first-order chi connectivity index (χ1) is 13.3. The normalized spacial score (nSPS) is 19.0. The Hall–Kier alpha value is -2.70. The van der Waals surface area contributed by atoms with Crippen molar-refractivity contribution in [2.45, 2.75) is 25.7 Å². The van der Waals surface area contributed by atoms with Crippen molar-refractivity contribution in [1.29, 1.82) is 0 Å². The molecule has 1 amide bonds. The molecule has 1 atom stereocenters. The Balaban J connectivity index is 1.39. The van der Waals surface area contributed by atoms with Crippen LogP contribution in [0.25, 0.3) is 0 Å². The summed E-state index contributed by atoms with van der Waals surface area (Å²) >= 11 is 1.72. The fraction of sp³-hybridized carbons (Fsp3) is 0.238. The monoisotopic (exact) mass is 376 g/mol. The second-order valence-electron chi connectivity index (χ2n) is 6.99. The van der Waals surface area contributed by atoms with Crippen LogP contribution in [0.5, 0.6) is 0 Å². The van der Waals surface area contributed by atoms with E-state index in [2.05, 4.69) is 44.8 Å². The van der Waals surface area contributed by atoms with Gasteiger partial charge in [0.15, 0.2) is 0 Å². The largest absolute Gasteiger partial charge is 0.353 e. The highest BCUT2D eigenvalue weighted by Gasteiger charge is 2.33. The number of hydrogen-bond donors (Lipinski definition) is 2. The van der Waals surface area contributed by atoms with E-state index < -0.39 is 0 Å². The van der Waals surface area contributed by atoms with Gasteiger partial charge in [0.25, 0.3) is 5.91 Å². The maximum absolute atomic E-state index is 12.8. The Kier molecular flexibility index (Phi) is 4.14. The van der Waals surface area contributed by atoms with Crippen molar-refractivity contribution in [2.24, 2.45) is 0 Å². The molecule has 0 radical (unpaired) electrons. The molecule has 6 heteroatoms. The summed E-state index contributed by atoms with van der Waals surface area (Å²) in [5, 5.41) is 7.56. The lowest BCUT2D eigenvalue weighted by Gasteiger charge is -2.28. The first kappa shape index (κ1) is 16.5. The van der Waals surface area contributed by atoms with Crippen LogP contribution in [0.15, 0.2) is 54.9 Å². The minimum Gasteiger partial charge on any atom is -0.353 e. The van der Waals surface area contributed by atoms with E-state index >= 15 is 0 Å². The number of nitrogens with one attached hydrogen (secondary N) is 2. The van der Waals surface area contributed by atoms with Gasteiger partial charge in [-0.15, -0.1) is 11.3 Å². The molecule has 5 rings (SSSR count). The average molecular weight is 376 g/mol. The summed E-state index contributed by atoms with van der Waals surface area (Å²) in [5.41, 5.74) is 4.35. The Bertz CT molecular complexity index is 971. The van der Waals surface area contributed by atoms with Crippen LogP contribution in [0.2, 0.25) is 0 Å². The molecule has 0 fully saturated rings. The predicted molar refractivity (Wildman–Crippen MR) is 107 cm³/mol. The molecule has 3 aromatic rings. The van der Waals surface area contributed by atoms with Gasteiger partial charge in [-0.1, -0.05) is 36.4 Å². The standard InChI is InChI=1S/C21H20N4OS/c26-20-18-16-8-10-25(12-14-5-2-1-3-6-14)13-17(16)27-21(18)24-19(23-20)15-7-4-9-22-11-15/h1-7,9,11,19,24H,8,10,12-13H2,(H,23,26)/t19-/m1/s1. The zero-order valence-corrected chi connectivity index (χ0v) is 15.6. The van der Waals surface area contributed by atoms with Gasteiger partial charge in [0, 0.05) is 42.5 Å². The minimum atomic E-state index is -0.223. The van der Waals surface area contributed by atoms with Crippen molar-refractivity contribution in [3.8, 4) is 0 Å². The fourth-order valence-electron chi connectivity index (χ4n) is 3.86. The second-order valence-corrected chi connectivity index (χ2v) is 8.10. The summed E-state index contributed by atoms with van der Waals surface area (Å²) in [6.45, 7) is 2.82. The second kappa shape index (κ2) is 6.79. The van der Waals surface area contributed by atoms with Crippen LogP contribution in [0.4, 0.5) is 5.00 Å². The third-order valence-electron chi connectivity index (χ3n) is 5.18. The number of fused-ring (bicyclic) bond motifs is 3. The molecule has 1 aromatic carbocycles. The lowest BCUT2D eigenvalue weighted by Crippen LogP contribution is -2.38. The maximum Gasteiger partial charge on any atom is 0.256 e. The molecule has 0 aliphatic carbocycles. The molecule has 2 aliphatic heterocycles. The number of amides is 1. The Morgan fingerprint density at radius 3 is 2.85 bits per heavy atom. The van der Waals surface area contributed by atoms with Gasteiger partial charge in [0.05, 0.1) is 5.56 Å². The van der Waals surface area contributed by atoms with E-state index in [1.54, 1.807) is 23.7 Å². The number of pyridine rings is 1. The van der Waals surface area contributed by atoms with Gasteiger partial charge in [0.2, 0.25) is 0 Å². The molecule has 2 aliphatic rings. The van der Waals surface area contributed by atoms with E-state index in [1.165, 1.54) is 16.0 Å². The molecule has 2 aromatic heterocycles. The molecule has 136 valence electrons. The van der Waals surface area contributed by atoms with Gasteiger partial charge in [-0.25, -0.2) is 0 Å². The molecule has 5 nitrogen and oxygen atoms in total. The molecule has 0 bridgehead atoms. The van der Waals surface area contributed by atoms with Crippen LogP contribution in [0, 0.1) is 0 Å². The summed E-state index contributed by atoms with van der Waals surface area (Å²) in [6, 6.07) is 14.4. The van der Waals surface area contributed by atoms with Crippen molar-refractivity contribution in [2.75, 3.05) is 11.9 Å². The first-order valence-electron chi connectivity index (χ1n) is 9.16. The highest BCUT2D eigenvalue weighted by atomic mass is 32.1. The van der Waals surface area contributed by atoms with Crippen molar-refractivity contribution in [1.82, 2.24) is 15.2 Å². The molecular formula is C21H20N4OS. The smallest absolute Gasteiger partial charge is 0.256 e. The van der Waals surface area contributed by atoms with Crippen LogP contribution in [0.1, 0.15) is 38.1 Å². The quantitative estimate of drug-likeness (QED) is 0.734. The summed E-state index contributed by atoms with van der Waals surface area (Å²) in [7, 11) is 0. The number of aromatic nitrogens is 1. The Morgan fingerprint density at radius 1 is 1.15 bits per heavy atom. The number of carbonyl (C=O) groups excluding carboxylic acids is 1. The van der Waals surface area contributed by atoms with E-state index in [-0.39, 0.29) is 12.1 Å². The van der Waals surface area contributed by atoms with Crippen LogP contribution < -0.4 is 10.6 Å². The lowest BCUT2D eigenvalue weighted by atomic mass is 10.00. The molecular weight excluding hydrogens is 356 g/mol. The topological polar surface area (TPSA) is 57.3 Å².